The third-order valence-corrected chi connectivity index (χ3v) is 1.62. The van der Waals surface area contributed by atoms with Gasteiger partial charge in [0.15, 0.2) is 0 Å². The van der Waals surface area contributed by atoms with E-state index in [1.54, 1.807) is 0 Å². The van der Waals surface area contributed by atoms with E-state index in [9.17, 15) is 0 Å². The van der Waals surface area contributed by atoms with Crippen LogP contribution in [0.15, 0.2) is 0 Å². The van der Waals surface area contributed by atoms with Gasteiger partial charge in [0.05, 0.1) is 0 Å². The topological polar surface area (TPSA) is 3.24 Å². The summed E-state index contributed by atoms with van der Waals surface area (Å²) in [6.07, 6.45) is 1.17. The summed E-state index contributed by atoms with van der Waals surface area (Å²) in [6.45, 7) is 4.30. The quantitative estimate of drug-likeness (QED) is 0.540. The second-order valence-corrected chi connectivity index (χ2v) is 2.46. The van der Waals surface area contributed by atoms with Crippen molar-refractivity contribution in [1.29, 1.82) is 0 Å². The van der Waals surface area contributed by atoms with Crippen molar-refractivity contribution in [3.05, 3.63) is 0 Å². The van der Waals surface area contributed by atoms with Crippen LogP contribution in [0.5, 0.6) is 0 Å². The van der Waals surface area contributed by atoms with Crippen molar-refractivity contribution in [3.63, 3.8) is 0 Å². The number of thiol groups is 1. The molecule has 0 heterocycles. The van der Waals surface area contributed by atoms with Gasteiger partial charge in [-0.3, -0.25) is 4.31 Å². The largest absolute Gasteiger partial charge is 0.254 e. The maximum absolute atomic E-state index is 4.11. The molecule has 0 aromatic rings. The summed E-state index contributed by atoms with van der Waals surface area (Å²) in [6, 6.07) is 0.600. The molecular formula is C5H13NS. The van der Waals surface area contributed by atoms with Gasteiger partial charge >= 0.3 is 0 Å². The number of hydrogen-bond donors (Lipinski definition) is 1. The van der Waals surface area contributed by atoms with Crippen LogP contribution in [0.3, 0.4) is 0 Å². The first-order chi connectivity index (χ1) is 3.18. The van der Waals surface area contributed by atoms with Crippen molar-refractivity contribution < 1.29 is 0 Å². The molecule has 2 heteroatoms. The molecule has 0 aliphatic heterocycles. The fraction of sp³-hybridized carbons (Fsp3) is 1.00. The van der Waals surface area contributed by atoms with Crippen LogP contribution < -0.4 is 0 Å². The number of rotatable bonds is 2. The van der Waals surface area contributed by atoms with Crippen LogP contribution in [0.4, 0.5) is 0 Å². The second kappa shape index (κ2) is 3.33. The molecular weight excluding hydrogens is 106 g/mol. The zero-order chi connectivity index (χ0) is 5.86. The average Bonchev–Trinajstić information content (AvgIpc) is 1.65. The van der Waals surface area contributed by atoms with E-state index in [1.165, 1.54) is 6.42 Å². The molecule has 0 aromatic heterocycles. The van der Waals surface area contributed by atoms with E-state index in [0.717, 1.165) is 0 Å². The third-order valence-electron chi connectivity index (χ3n) is 1.23. The Bertz CT molecular complexity index is 45.3. The minimum Gasteiger partial charge on any atom is -0.254 e. The Hall–Kier alpha value is 0.310. The number of nitrogens with zero attached hydrogens (tertiary/aromatic N) is 1. The van der Waals surface area contributed by atoms with Gasteiger partial charge < -0.3 is 0 Å². The molecule has 0 radical (unpaired) electrons. The summed E-state index contributed by atoms with van der Waals surface area (Å²) in [7, 11) is 1.97. The summed E-state index contributed by atoms with van der Waals surface area (Å²) in [5.41, 5.74) is 0. The van der Waals surface area contributed by atoms with Crippen LogP contribution in [0.2, 0.25) is 0 Å². The van der Waals surface area contributed by atoms with Gasteiger partial charge in [-0.2, -0.15) is 0 Å². The predicted octanol–water partition coefficient (Wildman–Crippen LogP) is 1.56. The Labute approximate surface area is 51.2 Å². The minimum absolute atomic E-state index is 0.600. The van der Waals surface area contributed by atoms with Crippen molar-refractivity contribution in [2.45, 2.75) is 26.3 Å². The van der Waals surface area contributed by atoms with Crippen LogP contribution in [0.25, 0.3) is 0 Å². The Balaban J connectivity index is 3.14. The zero-order valence-corrected chi connectivity index (χ0v) is 6.07. The Kier molecular flexibility index (Phi) is 3.48. The van der Waals surface area contributed by atoms with Gasteiger partial charge in [0.2, 0.25) is 0 Å². The smallest absolute Gasteiger partial charge is 0.0166 e. The first-order valence-electron chi connectivity index (χ1n) is 2.60. The molecule has 0 fully saturated rings. The first kappa shape index (κ1) is 7.31. The Morgan fingerprint density at radius 1 is 1.71 bits per heavy atom. The van der Waals surface area contributed by atoms with E-state index in [2.05, 4.69) is 26.7 Å². The molecule has 0 aliphatic carbocycles. The molecule has 0 amide bonds. The summed E-state index contributed by atoms with van der Waals surface area (Å²) < 4.78 is 1.92. The molecule has 0 rings (SSSR count). The summed E-state index contributed by atoms with van der Waals surface area (Å²) in [5.74, 6) is 0. The van der Waals surface area contributed by atoms with Gasteiger partial charge in [0.25, 0.3) is 0 Å². The molecule has 44 valence electrons. The van der Waals surface area contributed by atoms with Gasteiger partial charge in [0.1, 0.15) is 0 Å². The van der Waals surface area contributed by atoms with E-state index in [1.807, 2.05) is 11.4 Å². The van der Waals surface area contributed by atoms with E-state index in [-0.39, 0.29) is 0 Å². The summed E-state index contributed by atoms with van der Waals surface area (Å²) >= 11 is 4.11. The molecule has 0 bridgehead atoms. The maximum atomic E-state index is 4.11. The molecule has 1 unspecified atom stereocenters. The molecule has 1 atom stereocenters. The van der Waals surface area contributed by atoms with Crippen LogP contribution in [0.1, 0.15) is 20.3 Å². The van der Waals surface area contributed by atoms with Crippen LogP contribution in [-0.2, 0) is 0 Å². The molecule has 0 saturated heterocycles. The fourth-order valence-electron chi connectivity index (χ4n) is 0.264. The van der Waals surface area contributed by atoms with E-state index in [4.69, 9.17) is 0 Å². The second-order valence-electron chi connectivity index (χ2n) is 1.83. The maximum Gasteiger partial charge on any atom is 0.0166 e. The molecule has 0 spiro atoms. The molecule has 1 nitrogen and oxygen atoms in total. The average molecular weight is 119 g/mol. The molecule has 0 aliphatic rings. The highest BCUT2D eigenvalue weighted by Gasteiger charge is 1.98. The third kappa shape index (κ3) is 2.94. The van der Waals surface area contributed by atoms with Crippen molar-refractivity contribution in [2.75, 3.05) is 7.05 Å². The lowest BCUT2D eigenvalue weighted by molar-refractivity contribution is 0.430. The highest BCUT2D eigenvalue weighted by molar-refractivity contribution is 7.77. The minimum atomic E-state index is 0.600. The molecule has 0 aromatic carbocycles. The highest BCUT2D eigenvalue weighted by atomic mass is 32.1. The van der Waals surface area contributed by atoms with Gasteiger partial charge in [0, 0.05) is 6.04 Å². The van der Waals surface area contributed by atoms with Crippen molar-refractivity contribution in [1.82, 2.24) is 4.31 Å². The monoisotopic (exact) mass is 119 g/mol. The zero-order valence-electron chi connectivity index (χ0n) is 5.18. The van der Waals surface area contributed by atoms with Gasteiger partial charge in [-0.25, -0.2) is 0 Å². The van der Waals surface area contributed by atoms with E-state index in [0.29, 0.717) is 6.04 Å². The Morgan fingerprint density at radius 3 is 2.14 bits per heavy atom. The standard InChI is InChI=1S/C5H13NS/c1-4-5(2)6(3)7/h5,7H,4H2,1-3H3. The van der Waals surface area contributed by atoms with Gasteiger partial charge in [-0.1, -0.05) is 19.7 Å². The van der Waals surface area contributed by atoms with Crippen LogP contribution in [-0.4, -0.2) is 17.4 Å². The SMILES string of the molecule is CCC(C)N(C)S. The van der Waals surface area contributed by atoms with Crippen molar-refractivity contribution >= 4 is 12.8 Å². The van der Waals surface area contributed by atoms with Crippen molar-refractivity contribution in [2.24, 2.45) is 0 Å². The Morgan fingerprint density at radius 2 is 2.14 bits per heavy atom. The number of hydrogen-bond acceptors (Lipinski definition) is 2. The van der Waals surface area contributed by atoms with Crippen LogP contribution >= 0.6 is 12.8 Å². The molecule has 0 N–H and O–H groups in total. The molecule has 0 saturated carbocycles. The summed E-state index contributed by atoms with van der Waals surface area (Å²) in [5, 5.41) is 0. The highest BCUT2D eigenvalue weighted by Crippen LogP contribution is 2.00. The van der Waals surface area contributed by atoms with Crippen molar-refractivity contribution in [3.8, 4) is 0 Å². The van der Waals surface area contributed by atoms with Gasteiger partial charge in [-0.15, -0.1) is 0 Å². The van der Waals surface area contributed by atoms with E-state index < -0.39 is 0 Å². The van der Waals surface area contributed by atoms with Crippen LogP contribution in [0, 0.1) is 0 Å². The lowest BCUT2D eigenvalue weighted by Crippen LogP contribution is -2.17. The van der Waals surface area contributed by atoms with E-state index >= 15 is 0 Å². The van der Waals surface area contributed by atoms with Gasteiger partial charge in [-0.05, 0) is 20.4 Å². The first-order valence-corrected chi connectivity index (χ1v) is 3.00. The summed E-state index contributed by atoms with van der Waals surface area (Å²) in [4.78, 5) is 0. The lowest BCUT2D eigenvalue weighted by Gasteiger charge is -2.14. The lowest BCUT2D eigenvalue weighted by atomic mass is 10.3. The molecule has 7 heavy (non-hydrogen) atoms. The fourth-order valence-corrected chi connectivity index (χ4v) is 0.428. The predicted molar refractivity (Wildman–Crippen MR) is 36.5 cm³/mol. The normalized spacial score (nSPS) is 15.0.